The second-order valence-electron chi connectivity index (χ2n) is 4.87. The molecule has 1 saturated carbocycles. The van der Waals surface area contributed by atoms with Crippen LogP contribution in [0.1, 0.15) is 38.5 Å². The Bertz CT molecular complexity index is 300. The summed E-state index contributed by atoms with van der Waals surface area (Å²) in [5.41, 5.74) is -0.134. The molecular weight excluding hydrogens is 228 g/mol. The third-order valence-electron chi connectivity index (χ3n) is 3.36. The highest BCUT2D eigenvalue weighted by molar-refractivity contribution is 7.90. The highest BCUT2D eigenvalue weighted by Gasteiger charge is 2.38. The second-order valence-corrected chi connectivity index (χ2v) is 7.13. The number of methoxy groups -OCH3 is 1. The molecule has 1 rings (SSSR count). The Kier molecular flexibility index (Phi) is 4.76. The molecule has 96 valence electrons. The van der Waals surface area contributed by atoms with Crippen molar-refractivity contribution in [2.45, 2.75) is 50.2 Å². The van der Waals surface area contributed by atoms with Crippen molar-refractivity contribution in [2.75, 3.05) is 19.1 Å². The van der Waals surface area contributed by atoms with Crippen molar-refractivity contribution in [1.82, 2.24) is 0 Å². The van der Waals surface area contributed by atoms with Gasteiger partial charge in [-0.15, -0.1) is 0 Å². The van der Waals surface area contributed by atoms with Crippen molar-refractivity contribution in [3.8, 4) is 0 Å². The third kappa shape index (κ3) is 4.39. The first-order chi connectivity index (χ1) is 7.37. The molecular formula is C11H22O4S. The predicted molar refractivity (Wildman–Crippen MR) is 63.2 cm³/mol. The molecule has 0 saturated heterocycles. The van der Waals surface area contributed by atoms with Gasteiger partial charge in [-0.2, -0.15) is 0 Å². The van der Waals surface area contributed by atoms with Crippen molar-refractivity contribution in [2.24, 2.45) is 0 Å². The number of sulfone groups is 1. The molecule has 1 aliphatic carbocycles. The van der Waals surface area contributed by atoms with Crippen LogP contribution in [0.5, 0.6) is 0 Å². The van der Waals surface area contributed by atoms with Crippen LogP contribution >= 0.6 is 0 Å². The molecule has 0 aromatic heterocycles. The Balaban J connectivity index is 2.23. The number of aliphatic hydroxyl groups is 1. The van der Waals surface area contributed by atoms with Gasteiger partial charge in [0.1, 0.15) is 9.84 Å². The van der Waals surface area contributed by atoms with Crippen LogP contribution in [-0.4, -0.2) is 44.3 Å². The molecule has 0 aliphatic heterocycles. The highest BCUT2D eigenvalue weighted by atomic mass is 32.2. The van der Waals surface area contributed by atoms with Gasteiger partial charge < -0.3 is 9.84 Å². The van der Waals surface area contributed by atoms with E-state index in [1.165, 1.54) is 6.26 Å². The maximum Gasteiger partial charge on any atom is 0.147 e. The lowest BCUT2D eigenvalue weighted by Crippen LogP contribution is -2.42. The number of hydrogen-bond donors (Lipinski definition) is 1. The Morgan fingerprint density at radius 2 is 2.06 bits per heavy atom. The van der Waals surface area contributed by atoms with Gasteiger partial charge in [-0.1, -0.05) is 0 Å². The molecule has 1 aliphatic rings. The van der Waals surface area contributed by atoms with E-state index >= 15 is 0 Å². The Hall–Kier alpha value is -0.130. The van der Waals surface area contributed by atoms with Gasteiger partial charge >= 0.3 is 0 Å². The van der Waals surface area contributed by atoms with Gasteiger partial charge in [0.05, 0.1) is 11.7 Å². The van der Waals surface area contributed by atoms with Crippen molar-refractivity contribution in [3.63, 3.8) is 0 Å². The van der Waals surface area contributed by atoms with E-state index in [2.05, 4.69) is 0 Å². The van der Waals surface area contributed by atoms with Crippen LogP contribution in [-0.2, 0) is 14.6 Å². The molecule has 1 N–H and O–H groups in total. The van der Waals surface area contributed by atoms with Crippen LogP contribution in [0.4, 0.5) is 0 Å². The van der Waals surface area contributed by atoms with Crippen molar-refractivity contribution < 1.29 is 18.3 Å². The zero-order chi connectivity index (χ0) is 12.2. The molecule has 1 fully saturated rings. The van der Waals surface area contributed by atoms with E-state index in [0.29, 0.717) is 19.3 Å². The van der Waals surface area contributed by atoms with Crippen molar-refractivity contribution in [1.29, 1.82) is 0 Å². The highest BCUT2D eigenvalue weighted by Crippen LogP contribution is 2.39. The van der Waals surface area contributed by atoms with E-state index in [4.69, 9.17) is 4.74 Å². The molecule has 16 heavy (non-hydrogen) atoms. The van der Waals surface area contributed by atoms with Gasteiger partial charge in [-0.05, 0) is 32.1 Å². The normalized spacial score (nSPS) is 21.4. The van der Waals surface area contributed by atoms with Crippen LogP contribution in [0.25, 0.3) is 0 Å². The fourth-order valence-electron chi connectivity index (χ4n) is 2.18. The first-order valence-electron chi connectivity index (χ1n) is 5.78. The van der Waals surface area contributed by atoms with E-state index in [1.54, 1.807) is 7.11 Å². The molecule has 0 heterocycles. The van der Waals surface area contributed by atoms with Gasteiger partial charge in [-0.25, -0.2) is 8.42 Å². The van der Waals surface area contributed by atoms with Crippen LogP contribution < -0.4 is 0 Å². The molecule has 0 amide bonds. The second kappa shape index (κ2) is 5.47. The number of rotatable bonds is 7. The monoisotopic (exact) mass is 250 g/mol. The van der Waals surface area contributed by atoms with Gasteiger partial charge in [0.2, 0.25) is 0 Å². The molecule has 4 nitrogen and oxygen atoms in total. The SMILES string of the molecule is COC1(CC(O)CCCS(C)(=O)=O)CCC1. The quantitative estimate of drug-likeness (QED) is 0.735. The maximum atomic E-state index is 10.9. The smallest absolute Gasteiger partial charge is 0.147 e. The number of aliphatic hydroxyl groups excluding tert-OH is 1. The maximum absolute atomic E-state index is 10.9. The minimum Gasteiger partial charge on any atom is -0.393 e. The first kappa shape index (κ1) is 13.9. The third-order valence-corrected chi connectivity index (χ3v) is 4.39. The van der Waals surface area contributed by atoms with E-state index < -0.39 is 15.9 Å². The molecule has 0 aromatic carbocycles. The fourth-order valence-corrected chi connectivity index (χ4v) is 2.87. The summed E-state index contributed by atoms with van der Waals surface area (Å²) in [7, 11) is -1.22. The zero-order valence-corrected chi connectivity index (χ0v) is 10.9. The lowest BCUT2D eigenvalue weighted by Gasteiger charge is -2.41. The summed E-state index contributed by atoms with van der Waals surface area (Å²) in [6.07, 6.45) is 5.65. The van der Waals surface area contributed by atoms with Crippen LogP contribution in [0.2, 0.25) is 0 Å². The zero-order valence-electron chi connectivity index (χ0n) is 10.1. The molecule has 1 unspecified atom stereocenters. The largest absolute Gasteiger partial charge is 0.393 e. The van der Waals surface area contributed by atoms with Crippen molar-refractivity contribution >= 4 is 9.84 Å². The summed E-state index contributed by atoms with van der Waals surface area (Å²) in [4.78, 5) is 0. The van der Waals surface area contributed by atoms with E-state index in [0.717, 1.165) is 19.3 Å². The van der Waals surface area contributed by atoms with E-state index in [9.17, 15) is 13.5 Å². The summed E-state index contributed by atoms with van der Waals surface area (Å²) in [5, 5.41) is 9.80. The van der Waals surface area contributed by atoms with Gasteiger partial charge in [-0.3, -0.25) is 0 Å². The predicted octanol–water partition coefficient (Wildman–Crippen LogP) is 1.13. The number of ether oxygens (including phenoxy) is 1. The standard InChI is InChI=1S/C11H22O4S/c1-15-11(6-4-7-11)9-10(12)5-3-8-16(2,13)14/h10,12H,3-9H2,1-2H3. The minimum atomic E-state index is -2.90. The van der Waals surface area contributed by atoms with Crippen LogP contribution in [0.15, 0.2) is 0 Å². The minimum absolute atomic E-state index is 0.134. The van der Waals surface area contributed by atoms with Crippen LogP contribution in [0.3, 0.4) is 0 Å². The number of hydrogen-bond acceptors (Lipinski definition) is 4. The summed E-state index contributed by atoms with van der Waals surface area (Å²) in [5.74, 6) is 0.157. The van der Waals surface area contributed by atoms with E-state index in [-0.39, 0.29) is 11.4 Å². The van der Waals surface area contributed by atoms with Crippen molar-refractivity contribution in [3.05, 3.63) is 0 Å². The lowest BCUT2D eigenvalue weighted by atomic mass is 9.75. The van der Waals surface area contributed by atoms with Gasteiger partial charge in [0, 0.05) is 25.5 Å². The summed E-state index contributed by atoms with van der Waals surface area (Å²) in [6, 6.07) is 0. The molecule has 0 spiro atoms. The molecule has 1 atom stereocenters. The molecule has 0 bridgehead atoms. The summed E-state index contributed by atoms with van der Waals surface area (Å²) >= 11 is 0. The van der Waals surface area contributed by atoms with Crippen LogP contribution in [0, 0.1) is 0 Å². The Morgan fingerprint density at radius 3 is 2.44 bits per heavy atom. The topological polar surface area (TPSA) is 63.6 Å². The molecule has 0 aromatic rings. The Labute approximate surface area is 97.9 Å². The van der Waals surface area contributed by atoms with Gasteiger partial charge in [0.15, 0.2) is 0 Å². The average Bonchev–Trinajstić information content (AvgIpc) is 2.09. The molecule has 0 radical (unpaired) electrons. The van der Waals surface area contributed by atoms with E-state index in [1.807, 2.05) is 0 Å². The molecule has 5 heteroatoms. The van der Waals surface area contributed by atoms with Gasteiger partial charge in [0.25, 0.3) is 0 Å². The average molecular weight is 250 g/mol. The first-order valence-corrected chi connectivity index (χ1v) is 7.84. The summed E-state index contributed by atoms with van der Waals surface area (Å²) < 4.78 is 27.2. The lowest BCUT2D eigenvalue weighted by molar-refractivity contribution is -0.0999. The fraction of sp³-hybridized carbons (Fsp3) is 1.00. The summed E-state index contributed by atoms with van der Waals surface area (Å²) in [6.45, 7) is 0. The Morgan fingerprint density at radius 1 is 1.44 bits per heavy atom.